The maximum Gasteiger partial charge on any atom is 0.0148 e. The standard InChI is InChI=1S/C8H15N/c1-7-3-4-8(2,5-7)6(7)9/h6H,3-5,9H2,1-2H3. The van der Waals surface area contributed by atoms with Gasteiger partial charge in [0.2, 0.25) is 0 Å². The zero-order valence-electron chi connectivity index (χ0n) is 6.28. The fourth-order valence-corrected chi connectivity index (χ4v) is 2.91. The van der Waals surface area contributed by atoms with Crippen LogP contribution in [-0.2, 0) is 0 Å². The quantitative estimate of drug-likeness (QED) is 0.522. The first kappa shape index (κ1) is 5.72. The van der Waals surface area contributed by atoms with E-state index in [0.29, 0.717) is 16.9 Å². The van der Waals surface area contributed by atoms with Crippen LogP contribution < -0.4 is 5.73 Å². The molecule has 3 aliphatic rings. The van der Waals surface area contributed by atoms with Gasteiger partial charge in [0.05, 0.1) is 0 Å². The van der Waals surface area contributed by atoms with E-state index in [-0.39, 0.29) is 0 Å². The minimum Gasteiger partial charge on any atom is -0.327 e. The molecule has 2 N–H and O–H groups in total. The molecule has 1 heteroatoms. The SMILES string of the molecule is CC12CCC(C)(C1)C2N. The molecule has 3 rings (SSSR count). The largest absolute Gasteiger partial charge is 0.327 e. The monoisotopic (exact) mass is 125 g/mol. The van der Waals surface area contributed by atoms with Crippen molar-refractivity contribution >= 4 is 0 Å². The maximum absolute atomic E-state index is 6.00. The topological polar surface area (TPSA) is 26.0 Å². The Bertz CT molecular complexity index is 139. The normalized spacial score (nSPS) is 63.7. The van der Waals surface area contributed by atoms with E-state index in [1.807, 2.05) is 0 Å². The molecule has 3 saturated carbocycles. The van der Waals surface area contributed by atoms with Crippen molar-refractivity contribution in [3.63, 3.8) is 0 Å². The Morgan fingerprint density at radius 3 is 1.78 bits per heavy atom. The number of nitrogens with two attached hydrogens (primary N) is 1. The lowest BCUT2D eigenvalue weighted by Crippen LogP contribution is -2.56. The lowest BCUT2D eigenvalue weighted by molar-refractivity contribution is 0.0385. The molecule has 0 spiro atoms. The fourth-order valence-electron chi connectivity index (χ4n) is 2.91. The highest BCUT2D eigenvalue weighted by atomic mass is 14.8. The average molecular weight is 125 g/mol. The van der Waals surface area contributed by atoms with Crippen LogP contribution in [0.4, 0.5) is 0 Å². The highest BCUT2D eigenvalue weighted by Crippen LogP contribution is 2.65. The molecule has 0 saturated heterocycles. The van der Waals surface area contributed by atoms with Crippen LogP contribution in [-0.4, -0.2) is 6.04 Å². The summed E-state index contributed by atoms with van der Waals surface area (Å²) in [6, 6.07) is 0.505. The highest BCUT2D eigenvalue weighted by molar-refractivity contribution is 5.15. The molecule has 9 heavy (non-hydrogen) atoms. The van der Waals surface area contributed by atoms with Crippen LogP contribution in [0.3, 0.4) is 0 Å². The van der Waals surface area contributed by atoms with Gasteiger partial charge in [-0.1, -0.05) is 13.8 Å². The van der Waals surface area contributed by atoms with Gasteiger partial charge in [-0.05, 0) is 30.1 Å². The molecule has 0 aromatic rings. The molecule has 0 aromatic carbocycles. The van der Waals surface area contributed by atoms with Crippen LogP contribution in [0.1, 0.15) is 33.1 Å². The molecule has 1 nitrogen and oxygen atoms in total. The van der Waals surface area contributed by atoms with Crippen molar-refractivity contribution in [1.82, 2.24) is 0 Å². The molecule has 2 bridgehead atoms. The molecular formula is C8H15N. The van der Waals surface area contributed by atoms with Gasteiger partial charge in [-0.25, -0.2) is 0 Å². The summed E-state index contributed by atoms with van der Waals surface area (Å²) < 4.78 is 0. The summed E-state index contributed by atoms with van der Waals surface area (Å²) in [6.45, 7) is 4.65. The van der Waals surface area contributed by atoms with Crippen molar-refractivity contribution in [1.29, 1.82) is 0 Å². The number of fused-ring (bicyclic) bond motifs is 1. The van der Waals surface area contributed by atoms with E-state index in [4.69, 9.17) is 5.73 Å². The van der Waals surface area contributed by atoms with Gasteiger partial charge in [-0.2, -0.15) is 0 Å². The fraction of sp³-hybridized carbons (Fsp3) is 1.00. The molecule has 0 heterocycles. The minimum absolute atomic E-state index is 0.505. The van der Waals surface area contributed by atoms with E-state index in [1.54, 1.807) is 0 Å². The predicted octanol–water partition coefficient (Wildman–Crippen LogP) is 1.52. The summed E-state index contributed by atoms with van der Waals surface area (Å²) in [6.07, 6.45) is 4.11. The van der Waals surface area contributed by atoms with E-state index in [2.05, 4.69) is 13.8 Å². The Hall–Kier alpha value is -0.0400. The second kappa shape index (κ2) is 1.20. The number of rotatable bonds is 0. The van der Waals surface area contributed by atoms with Crippen LogP contribution in [0.5, 0.6) is 0 Å². The third kappa shape index (κ3) is 0.454. The van der Waals surface area contributed by atoms with Crippen molar-refractivity contribution in [2.45, 2.75) is 39.2 Å². The van der Waals surface area contributed by atoms with Gasteiger partial charge >= 0.3 is 0 Å². The predicted molar refractivity (Wildman–Crippen MR) is 38.0 cm³/mol. The molecular weight excluding hydrogens is 110 g/mol. The average Bonchev–Trinajstić information content (AvgIpc) is 2.19. The molecule has 0 aromatic heterocycles. The third-order valence-electron chi connectivity index (χ3n) is 3.58. The first-order chi connectivity index (χ1) is 4.07. The number of hydrogen-bond donors (Lipinski definition) is 1. The summed E-state index contributed by atoms with van der Waals surface area (Å²) in [5.74, 6) is 0. The summed E-state index contributed by atoms with van der Waals surface area (Å²) in [7, 11) is 0. The Kier molecular flexibility index (Phi) is 0.760. The smallest absolute Gasteiger partial charge is 0.0148 e. The minimum atomic E-state index is 0.505. The van der Waals surface area contributed by atoms with Crippen LogP contribution in [0, 0.1) is 10.8 Å². The second-order valence-corrected chi connectivity index (χ2v) is 4.46. The van der Waals surface area contributed by atoms with Gasteiger partial charge in [-0.3, -0.25) is 0 Å². The molecule has 2 atom stereocenters. The Balaban J connectivity index is 2.28. The third-order valence-corrected chi connectivity index (χ3v) is 3.58. The van der Waals surface area contributed by atoms with Gasteiger partial charge in [-0.15, -0.1) is 0 Å². The van der Waals surface area contributed by atoms with Gasteiger partial charge in [0.15, 0.2) is 0 Å². The second-order valence-electron chi connectivity index (χ2n) is 4.46. The summed E-state index contributed by atoms with van der Waals surface area (Å²) in [5.41, 5.74) is 7.07. The zero-order chi connectivity index (χ0) is 6.70. The molecule has 52 valence electrons. The molecule has 0 amide bonds. The Morgan fingerprint density at radius 1 is 1.22 bits per heavy atom. The molecule has 2 unspecified atom stereocenters. The van der Waals surface area contributed by atoms with Crippen molar-refractivity contribution in [2.24, 2.45) is 16.6 Å². The van der Waals surface area contributed by atoms with Crippen molar-refractivity contribution in [2.75, 3.05) is 0 Å². The Morgan fingerprint density at radius 2 is 1.67 bits per heavy atom. The van der Waals surface area contributed by atoms with Crippen LogP contribution in [0.25, 0.3) is 0 Å². The van der Waals surface area contributed by atoms with Gasteiger partial charge in [0, 0.05) is 6.04 Å². The Labute approximate surface area is 56.6 Å². The summed E-state index contributed by atoms with van der Waals surface area (Å²) in [5, 5.41) is 0. The molecule has 0 radical (unpaired) electrons. The molecule has 3 fully saturated rings. The number of hydrogen-bond acceptors (Lipinski definition) is 1. The highest BCUT2D eigenvalue weighted by Gasteiger charge is 2.61. The van der Waals surface area contributed by atoms with Gasteiger partial charge < -0.3 is 5.73 Å². The van der Waals surface area contributed by atoms with Gasteiger partial charge in [0.1, 0.15) is 0 Å². The molecule has 3 aliphatic carbocycles. The molecule has 0 aliphatic heterocycles. The van der Waals surface area contributed by atoms with E-state index in [9.17, 15) is 0 Å². The van der Waals surface area contributed by atoms with E-state index in [1.165, 1.54) is 19.3 Å². The van der Waals surface area contributed by atoms with E-state index < -0.39 is 0 Å². The lowest BCUT2D eigenvalue weighted by atomic mass is 9.58. The first-order valence-electron chi connectivity index (χ1n) is 3.82. The summed E-state index contributed by atoms with van der Waals surface area (Å²) in [4.78, 5) is 0. The van der Waals surface area contributed by atoms with E-state index >= 15 is 0 Å². The summed E-state index contributed by atoms with van der Waals surface area (Å²) >= 11 is 0. The van der Waals surface area contributed by atoms with Gasteiger partial charge in [0.25, 0.3) is 0 Å². The van der Waals surface area contributed by atoms with Crippen LogP contribution in [0.15, 0.2) is 0 Å². The van der Waals surface area contributed by atoms with Crippen molar-refractivity contribution in [3.05, 3.63) is 0 Å². The lowest BCUT2D eigenvalue weighted by Gasteiger charge is -2.50. The van der Waals surface area contributed by atoms with Crippen LogP contribution >= 0.6 is 0 Å². The van der Waals surface area contributed by atoms with Crippen LogP contribution in [0.2, 0.25) is 0 Å². The van der Waals surface area contributed by atoms with Crippen molar-refractivity contribution < 1.29 is 0 Å². The first-order valence-corrected chi connectivity index (χ1v) is 3.82. The van der Waals surface area contributed by atoms with E-state index in [0.717, 1.165) is 0 Å². The maximum atomic E-state index is 6.00. The zero-order valence-corrected chi connectivity index (χ0v) is 6.28. The van der Waals surface area contributed by atoms with Crippen molar-refractivity contribution in [3.8, 4) is 0 Å².